The summed E-state index contributed by atoms with van der Waals surface area (Å²) in [7, 11) is 0. The predicted octanol–water partition coefficient (Wildman–Crippen LogP) is 1.80. The van der Waals surface area contributed by atoms with E-state index in [2.05, 4.69) is 11.8 Å². The predicted molar refractivity (Wildman–Crippen MR) is 53.9 cm³/mol. The largest absolute Gasteiger partial charge is 0.468 e. The number of aliphatic hydroxyl groups excluding tert-OH is 1. The van der Waals surface area contributed by atoms with Crippen molar-refractivity contribution in [2.75, 3.05) is 13.1 Å². The first kappa shape index (κ1) is 9.74. The number of furan rings is 1. The number of nitrogens with zero attached hydrogens (tertiary/aromatic N) is 1. The summed E-state index contributed by atoms with van der Waals surface area (Å²) in [5.41, 5.74) is 0. The van der Waals surface area contributed by atoms with E-state index in [0.717, 1.165) is 31.7 Å². The summed E-state index contributed by atoms with van der Waals surface area (Å²) in [5.74, 6) is 0.985. The number of piperidine rings is 1. The second kappa shape index (κ2) is 4.15. The summed E-state index contributed by atoms with van der Waals surface area (Å²) < 4.78 is 5.36. The summed E-state index contributed by atoms with van der Waals surface area (Å²) in [4.78, 5) is 2.27. The molecular formula is C11H17NO2. The molecule has 0 amide bonds. The molecule has 2 heterocycles. The van der Waals surface area contributed by atoms with Gasteiger partial charge in [0.15, 0.2) is 0 Å². The number of aliphatic hydroxyl groups is 1. The first-order valence-electron chi connectivity index (χ1n) is 5.23. The molecule has 2 atom stereocenters. The third-order valence-electron chi connectivity index (χ3n) is 2.93. The van der Waals surface area contributed by atoms with E-state index in [9.17, 15) is 5.11 Å². The van der Waals surface area contributed by atoms with E-state index in [1.54, 1.807) is 6.26 Å². The SMILES string of the molecule is C[C@@H](c1ccco1)N1CCC[C@@H](O)C1. The molecule has 14 heavy (non-hydrogen) atoms. The molecule has 2 rings (SSSR count). The quantitative estimate of drug-likeness (QED) is 0.781. The van der Waals surface area contributed by atoms with Crippen LogP contribution in [0.2, 0.25) is 0 Å². The van der Waals surface area contributed by atoms with Crippen molar-refractivity contribution in [3.05, 3.63) is 24.2 Å². The lowest BCUT2D eigenvalue weighted by Gasteiger charge is -2.33. The summed E-state index contributed by atoms with van der Waals surface area (Å²) in [6, 6.07) is 4.18. The number of β-amino-alcohol motifs (C(OH)–C–C–N with tert-alkyl or cyclic N) is 1. The smallest absolute Gasteiger partial charge is 0.120 e. The zero-order valence-corrected chi connectivity index (χ0v) is 8.52. The van der Waals surface area contributed by atoms with Crippen molar-refractivity contribution in [3.8, 4) is 0 Å². The van der Waals surface area contributed by atoms with Crippen LogP contribution < -0.4 is 0 Å². The molecular weight excluding hydrogens is 178 g/mol. The van der Waals surface area contributed by atoms with Crippen molar-refractivity contribution in [2.24, 2.45) is 0 Å². The number of rotatable bonds is 2. The van der Waals surface area contributed by atoms with Gasteiger partial charge < -0.3 is 9.52 Å². The first-order valence-corrected chi connectivity index (χ1v) is 5.23. The Labute approximate surface area is 84.3 Å². The standard InChI is InChI=1S/C11H17NO2/c1-9(11-5-3-7-14-11)12-6-2-4-10(13)8-12/h3,5,7,9-10,13H,2,4,6,8H2,1H3/t9-,10+/m0/s1. The van der Waals surface area contributed by atoms with Crippen LogP contribution in [0, 0.1) is 0 Å². The molecule has 1 aromatic rings. The average Bonchev–Trinajstić information content (AvgIpc) is 2.69. The first-order chi connectivity index (χ1) is 6.77. The van der Waals surface area contributed by atoms with Gasteiger partial charge in [-0.2, -0.15) is 0 Å². The molecule has 78 valence electrons. The van der Waals surface area contributed by atoms with Crippen molar-refractivity contribution in [1.29, 1.82) is 0 Å². The lowest BCUT2D eigenvalue weighted by molar-refractivity contribution is 0.0452. The van der Waals surface area contributed by atoms with Gasteiger partial charge >= 0.3 is 0 Å². The van der Waals surface area contributed by atoms with Crippen molar-refractivity contribution >= 4 is 0 Å². The van der Waals surface area contributed by atoms with Crippen LogP contribution >= 0.6 is 0 Å². The molecule has 1 aliphatic heterocycles. The molecule has 1 fully saturated rings. The zero-order chi connectivity index (χ0) is 9.97. The van der Waals surface area contributed by atoms with Crippen LogP contribution in [0.4, 0.5) is 0 Å². The number of likely N-dealkylation sites (tertiary alicyclic amines) is 1. The molecule has 3 nitrogen and oxygen atoms in total. The van der Waals surface area contributed by atoms with Gasteiger partial charge in [-0.3, -0.25) is 4.90 Å². The van der Waals surface area contributed by atoms with Gasteiger partial charge in [0.05, 0.1) is 18.4 Å². The second-order valence-corrected chi connectivity index (χ2v) is 3.98. The van der Waals surface area contributed by atoms with Crippen LogP contribution in [0.1, 0.15) is 31.6 Å². The van der Waals surface area contributed by atoms with Crippen LogP contribution in [-0.2, 0) is 0 Å². The summed E-state index contributed by atoms with van der Waals surface area (Å²) in [5, 5.41) is 9.55. The van der Waals surface area contributed by atoms with Crippen LogP contribution in [-0.4, -0.2) is 29.2 Å². The Bertz CT molecular complexity index is 271. The van der Waals surface area contributed by atoms with E-state index in [1.165, 1.54) is 0 Å². The van der Waals surface area contributed by atoms with Crippen molar-refractivity contribution in [1.82, 2.24) is 4.90 Å². The molecule has 0 unspecified atom stereocenters. The summed E-state index contributed by atoms with van der Waals surface area (Å²) in [6.07, 6.45) is 3.54. The van der Waals surface area contributed by atoms with E-state index in [-0.39, 0.29) is 12.1 Å². The normalized spacial score (nSPS) is 26.3. The fourth-order valence-electron chi connectivity index (χ4n) is 2.04. The van der Waals surface area contributed by atoms with Gasteiger partial charge in [-0.1, -0.05) is 0 Å². The molecule has 0 aromatic carbocycles. The van der Waals surface area contributed by atoms with Crippen LogP contribution in [0.15, 0.2) is 22.8 Å². The molecule has 0 bridgehead atoms. The monoisotopic (exact) mass is 195 g/mol. The van der Waals surface area contributed by atoms with Gasteiger partial charge in [0, 0.05) is 6.54 Å². The Hall–Kier alpha value is -0.800. The lowest BCUT2D eigenvalue weighted by Crippen LogP contribution is -2.39. The Morgan fingerprint density at radius 2 is 2.50 bits per heavy atom. The molecule has 0 saturated carbocycles. The maximum absolute atomic E-state index is 9.55. The van der Waals surface area contributed by atoms with Gasteiger partial charge in [0.25, 0.3) is 0 Å². The number of hydrogen-bond donors (Lipinski definition) is 1. The molecule has 1 aliphatic rings. The minimum Gasteiger partial charge on any atom is -0.468 e. The third kappa shape index (κ3) is 1.99. The van der Waals surface area contributed by atoms with Gasteiger partial charge in [-0.05, 0) is 38.4 Å². The van der Waals surface area contributed by atoms with Crippen molar-refractivity contribution < 1.29 is 9.52 Å². The van der Waals surface area contributed by atoms with Gasteiger partial charge in [0.2, 0.25) is 0 Å². The van der Waals surface area contributed by atoms with Crippen LogP contribution in [0.5, 0.6) is 0 Å². The van der Waals surface area contributed by atoms with Crippen molar-refractivity contribution in [2.45, 2.75) is 31.9 Å². The Morgan fingerprint density at radius 1 is 1.64 bits per heavy atom. The zero-order valence-electron chi connectivity index (χ0n) is 8.52. The highest BCUT2D eigenvalue weighted by Gasteiger charge is 2.23. The maximum Gasteiger partial charge on any atom is 0.120 e. The van der Waals surface area contributed by atoms with E-state index >= 15 is 0 Å². The molecule has 3 heteroatoms. The third-order valence-corrected chi connectivity index (χ3v) is 2.93. The highest BCUT2D eigenvalue weighted by Crippen LogP contribution is 2.24. The average molecular weight is 195 g/mol. The molecule has 0 aliphatic carbocycles. The van der Waals surface area contributed by atoms with E-state index in [1.807, 2.05) is 12.1 Å². The molecule has 0 spiro atoms. The van der Waals surface area contributed by atoms with Gasteiger partial charge in [-0.25, -0.2) is 0 Å². The van der Waals surface area contributed by atoms with Gasteiger partial charge in [0.1, 0.15) is 5.76 Å². The fraction of sp³-hybridized carbons (Fsp3) is 0.636. The van der Waals surface area contributed by atoms with Crippen LogP contribution in [0.25, 0.3) is 0 Å². The molecule has 0 radical (unpaired) electrons. The Balaban J connectivity index is 2.00. The topological polar surface area (TPSA) is 36.6 Å². The molecule has 1 aromatic heterocycles. The van der Waals surface area contributed by atoms with E-state index < -0.39 is 0 Å². The summed E-state index contributed by atoms with van der Waals surface area (Å²) in [6.45, 7) is 3.94. The van der Waals surface area contributed by atoms with Gasteiger partial charge in [-0.15, -0.1) is 0 Å². The second-order valence-electron chi connectivity index (χ2n) is 3.98. The van der Waals surface area contributed by atoms with E-state index in [4.69, 9.17) is 4.42 Å². The molecule has 1 saturated heterocycles. The van der Waals surface area contributed by atoms with Crippen LogP contribution in [0.3, 0.4) is 0 Å². The Kier molecular flexibility index (Phi) is 2.89. The highest BCUT2D eigenvalue weighted by molar-refractivity contribution is 5.04. The molecule has 1 N–H and O–H groups in total. The summed E-state index contributed by atoms with van der Waals surface area (Å²) >= 11 is 0. The lowest BCUT2D eigenvalue weighted by atomic mass is 10.1. The number of hydrogen-bond acceptors (Lipinski definition) is 3. The maximum atomic E-state index is 9.55. The minimum atomic E-state index is -0.166. The highest BCUT2D eigenvalue weighted by atomic mass is 16.3. The van der Waals surface area contributed by atoms with E-state index in [0.29, 0.717) is 0 Å². The Morgan fingerprint density at radius 3 is 3.14 bits per heavy atom. The minimum absolute atomic E-state index is 0.166. The fourth-order valence-corrected chi connectivity index (χ4v) is 2.04. The van der Waals surface area contributed by atoms with Crippen molar-refractivity contribution in [3.63, 3.8) is 0 Å².